The maximum Gasteiger partial charge on any atom is 0.293 e. The number of aromatic nitrogens is 2. The van der Waals surface area contributed by atoms with Gasteiger partial charge in [-0.1, -0.05) is 18.6 Å². The van der Waals surface area contributed by atoms with Gasteiger partial charge in [0.25, 0.3) is 16.9 Å². The van der Waals surface area contributed by atoms with Crippen molar-refractivity contribution in [1.82, 2.24) is 9.97 Å². The van der Waals surface area contributed by atoms with Crippen LogP contribution in [-0.4, -0.2) is 25.5 Å². The minimum Gasteiger partial charge on any atom is -0.317 e. The topological polar surface area (TPSA) is 156 Å². The number of non-ortho nitro benzene ring substituents is 1. The number of anilines is 1. The molecule has 1 aromatic heterocycles. The minimum absolute atomic E-state index is 0.0220. The number of hydrazone groups is 1. The van der Waals surface area contributed by atoms with Crippen LogP contribution >= 0.6 is 0 Å². The van der Waals surface area contributed by atoms with E-state index in [1.54, 1.807) is 24.3 Å². The molecular formula is C20H18N6O5. The second-order valence-electron chi connectivity index (χ2n) is 7.20. The molecule has 0 amide bonds. The molecule has 0 bridgehead atoms. The van der Waals surface area contributed by atoms with Crippen LogP contribution < -0.4 is 11.0 Å². The van der Waals surface area contributed by atoms with Crippen LogP contribution in [0.2, 0.25) is 0 Å². The lowest BCUT2D eigenvalue weighted by molar-refractivity contribution is -0.394. The normalized spacial score (nSPS) is 17.5. The van der Waals surface area contributed by atoms with Gasteiger partial charge in [-0.25, -0.2) is 4.98 Å². The summed E-state index contributed by atoms with van der Waals surface area (Å²) in [6.07, 6.45) is 2.88. The van der Waals surface area contributed by atoms with E-state index in [0.717, 1.165) is 18.9 Å². The van der Waals surface area contributed by atoms with Crippen LogP contribution in [0, 0.1) is 20.2 Å². The highest BCUT2D eigenvalue weighted by Gasteiger charge is 2.30. The summed E-state index contributed by atoms with van der Waals surface area (Å²) in [5, 5.41) is 27.0. The Morgan fingerprint density at radius 1 is 1.10 bits per heavy atom. The van der Waals surface area contributed by atoms with Crippen molar-refractivity contribution in [1.29, 1.82) is 0 Å². The number of hydrogen-bond donors (Lipinski definition) is 2. The predicted molar refractivity (Wildman–Crippen MR) is 114 cm³/mol. The summed E-state index contributed by atoms with van der Waals surface area (Å²) in [5.74, 6) is -0.365. The molecule has 4 rings (SSSR count). The first kappa shape index (κ1) is 20.1. The Hall–Kier alpha value is -4.15. The van der Waals surface area contributed by atoms with Gasteiger partial charge in [0.05, 0.1) is 26.9 Å². The molecule has 1 aliphatic carbocycles. The maximum atomic E-state index is 12.3. The highest BCUT2D eigenvalue weighted by Crippen LogP contribution is 2.37. The lowest BCUT2D eigenvalue weighted by Gasteiger charge is -2.24. The zero-order valence-corrected chi connectivity index (χ0v) is 16.3. The molecule has 1 heterocycles. The Bertz CT molecular complexity index is 1270. The number of nitro benzene ring substituents is 2. The van der Waals surface area contributed by atoms with Gasteiger partial charge in [0.2, 0.25) is 5.82 Å². The van der Waals surface area contributed by atoms with Crippen LogP contribution in [0.15, 0.2) is 52.4 Å². The van der Waals surface area contributed by atoms with E-state index in [4.69, 9.17) is 0 Å². The van der Waals surface area contributed by atoms with Gasteiger partial charge in [0.15, 0.2) is 0 Å². The fraction of sp³-hybridized carbons (Fsp3) is 0.250. The summed E-state index contributed by atoms with van der Waals surface area (Å²) in [6.45, 7) is 0. The number of nitro groups is 2. The molecule has 3 aromatic rings. The number of H-pyrrole nitrogens is 1. The van der Waals surface area contributed by atoms with Crippen molar-refractivity contribution in [2.45, 2.75) is 31.6 Å². The molecule has 11 heteroatoms. The standard InChI is InChI=1S/C20H18N6O5/c27-20-19(21-16-7-3-4-8-17(16)22-20)24-23-15-6-2-1-5-13(15)14-10-9-12(25(28)29)11-18(14)26(30)31/h3-4,7-11,13H,1-2,5-6H2,(H,21,24)(H,22,27)/b23-15+/t13-/m0/s1. The number of hydrogen-bond acceptors (Lipinski definition) is 8. The third-order valence-electron chi connectivity index (χ3n) is 5.28. The first-order valence-electron chi connectivity index (χ1n) is 9.68. The van der Waals surface area contributed by atoms with Gasteiger partial charge < -0.3 is 4.98 Å². The maximum absolute atomic E-state index is 12.3. The highest BCUT2D eigenvalue weighted by atomic mass is 16.6. The Morgan fingerprint density at radius 2 is 1.90 bits per heavy atom. The van der Waals surface area contributed by atoms with Crippen LogP contribution in [0.4, 0.5) is 17.2 Å². The van der Waals surface area contributed by atoms with E-state index in [9.17, 15) is 25.0 Å². The second kappa shape index (κ2) is 8.30. The van der Waals surface area contributed by atoms with Crippen molar-refractivity contribution in [3.05, 3.63) is 78.6 Å². The van der Waals surface area contributed by atoms with Gasteiger partial charge in [-0.3, -0.25) is 30.4 Å². The molecule has 2 N–H and O–H groups in total. The van der Waals surface area contributed by atoms with Crippen LogP contribution in [0.3, 0.4) is 0 Å². The van der Waals surface area contributed by atoms with E-state index >= 15 is 0 Å². The van der Waals surface area contributed by atoms with Crippen LogP contribution in [0.1, 0.15) is 37.2 Å². The number of aromatic amines is 1. The molecule has 1 saturated carbocycles. The summed E-state index contributed by atoms with van der Waals surface area (Å²) in [6, 6.07) is 10.7. The van der Waals surface area contributed by atoms with Crippen LogP contribution in [0.5, 0.6) is 0 Å². The van der Waals surface area contributed by atoms with E-state index in [-0.39, 0.29) is 23.1 Å². The van der Waals surface area contributed by atoms with Crippen molar-refractivity contribution >= 4 is 33.9 Å². The molecule has 11 nitrogen and oxygen atoms in total. The largest absolute Gasteiger partial charge is 0.317 e. The second-order valence-corrected chi connectivity index (χ2v) is 7.20. The molecule has 158 valence electrons. The highest BCUT2D eigenvalue weighted by molar-refractivity contribution is 5.93. The third-order valence-corrected chi connectivity index (χ3v) is 5.28. The van der Waals surface area contributed by atoms with Gasteiger partial charge >= 0.3 is 0 Å². The molecule has 31 heavy (non-hydrogen) atoms. The van der Waals surface area contributed by atoms with E-state index in [0.29, 0.717) is 35.2 Å². The SMILES string of the molecule is O=c1[nH]c2ccccc2nc1N/N=C1\CCCC[C@H]1c1ccc([N+](=O)[O-])cc1[N+](=O)[O-]. The van der Waals surface area contributed by atoms with Crippen LogP contribution in [-0.2, 0) is 0 Å². The molecule has 0 aliphatic heterocycles. The zero-order chi connectivity index (χ0) is 22.0. The average Bonchev–Trinajstić information content (AvgIpc) is 2.77. The molecule has 1 atom stereocenters. The van der Waals surface area contributed by atoms with E-state index < -0.39 is 15.4 Å². The molecule has 1 aliphatic rings. The molecule has 0 unspecified atom stereocenters. The van der Waals surface area contributed by atoms with Crippen molar-refractivity contribution in [3.8, 4) is 0 Å². The van der Waals surface area contributed by atoms with Crippen molar-refractivity contribution in [3.63, 3.8) is 0 Å². The summed E-state index contributed by atoms with van der Waals surface area (Å²) >= 11 is 0. The summed E-state index contributed by atoms with van der Waals surface area (Å²) in [4.78, 5) is 40.6. The van der Waals surface area contributed by atoms with E-state index in [1.807, 2.05) is 0 Å². The first-order chi connectivity index (χ1) is 14.9. The minimum atomic E-state index is -0.661. The Balaban J connectivity index is 1.69. The van der Waals surface area contributed by atoms with Gasteiger partial charge in [0, 0.05) is 23.3 Å². The van der Waals surface area contributed by atoms with E-state index in [2.05, 4.69) is 20.5 Å². The third kappa shape index (κ3) is 4.10. The lowest BCUT2D eigenvalue weighted by Crippen LogP contribution is -2.21. The fourth-order valence-electron chi connectivity index (χ4n) is 3.79. The summed E-state index contributed by atoms with van der Waals surface area (Å²) in [5.41, 5.74) is 3.83. The number of rotatable bonds is 5. The van der Waals surface area contributed by atoms with Gasteiger partial charge in [0.1, 0.15) is 0 Å². The van der Waals surface area contributed by atoms with Crippen molar-refractivity contribution in [2.24, 2.45) is 5.10 Å². The van der Waals surface area contributed by atoms with Gasteiger partial charge in [-0.15, -0.1) is 0 Å². The zero-order valence-electron chi connectivity index (χ0n) is 16.3. The predicted octanol–water partition coefficient (Wildman–Crippen LogP) is 3.87. The number of fused-ring (bicyclic) bond motifs is 1. The molecular weight excluding hydrogens is 404 g/mol. The van der Waals surface area contributed by atoms with Crippen molar-refractivity contribution < 1.29 is 9.85 Å². The molecule has 2 aromatic carbocycles. The average molecular weight is 422 g/mol. The number of benzene rings is 2. The number of nitrogens with one attached hydrogen (secondary N) is 2. The Labute approximate surface area is 175 Å². The summed E-state index contributed by atoms with van der Waals surface area (Å²) < 4.78 is 0. The fourth-order valence-corrected chi connectivity index (χ4v) is 3.79. The Morgan fingerprint density at radius 3 is 2.68 bits per heavy atom. The van der Waals surface area contributed by atoms with Crippen LogP contribution in [0.25, 0.3) is 11.0 Å². The molecule has 0 spiro atoms. The first-order valence-corrected chi connectivity index (χ1v) is 9.68. The Kier molecular flexibility index (Phi) is 5.39. The number of para-hydroxylation sites is 2. The monoisotopic (exact) mass is 422 g/mol. The van der Waals surface area contributed by atoms with Gasteiger partial charge in [-0.2, -0.15) is 5.10 Å². The van der Waals surface area contributed by atoms with Gasteiger partial charge in [-0.05, 0) is 37.5 Å². The number of nitrogens with zero attached hydrogens (tertiary/aromatic N) is 4. The molecule has 0 saturated heterocycles. The molecule has 1 fully saturated rings. The quantitative estimate of drug-likeness (QED) is 0.467. The van der Waals surface area contributed by atoms with Crippen molar-refractivity contribution in [2.75, 3.05) is 5.43 Å². The van der Waals surface area contributed by atoms with E-state index in [1.165, 1.54) is 12.1 Å². The molecule has 0 radical (unpaired) electrons. The lowest BCUT2D eigenvalue weighted by atomic mass is 9.81. The smallest absolute Gasteiger partial charge is 0.293 e. The summed E-state index contributed by atoms with van der Waals surface area (Å²) in [7, 11) is 0.